The lowest BCUT2D eigenvalue weighted by molar-refractivity contribution is 0.513. The Morgan fingerprint density at radius 2 is 2.00 bits per heavy atom. The Morgan fingerprint density at radius 3 is 2.67 bits per heavy atom. The molecule has 0 saturated heterocycles. The number of halogens is 2. The van der Waals surface area contributed by atoms with Crippen LogP contribution >= 0.6 is 23.2 Å². The Morgan fingerprint density at radius 1 is 1.22 bits per heavy atom. The molecule has 0 fully saturated rings. The van der Waals surface area contributed by atoms with Crippen LogP contribution < -0.4 is 5.32 Å². The third-order valence-corrected chi connectivity index (χ3v) is 3.44. The number of aryl methyl sites for hydroxylation is 1. The monoisotopic (exact) mass is 285 g/mol. The maximum Gasteiger partial charge on any atom is 0.137 e. The first-order chi connectivity index (χ1) is 8.67. The Labute approximate surface area is 117 Å². The van der Waals surface area contributed by atoms with E-state index in [0.29, 0.717) is 10.0 Å². The highest BCUT2D eigenvalue weighted by molar-refractivity contribution is 6.38. The number of hydrogen-bond donors (Lipinski definition) is 1. The number of benzene rings is 1. The van der Waals surface area contributed by atoms with Crippen LogP contribution in [0.4, 0.5) is 0 Å². The second-order valence-corrected chi connectivity index (χ2v) is 5.14. The lowest BCUT2D eigenvalue weighted by Crippen LogP contribution is -2.12. The summed E-state index contributed by atoms with van der Waals surface area (Å²) in [4.78, 5) is 0. The molecule has 0 spiro atoms. The standard InChI is InChI=1S/C14H17Cl2NO/c1-3-5-10-13(8-17-4-2)18-12-7-9(15)6-11(16)14(10)12/h6-7,17H,3-5,8H2,1-2H3. The Hall–Kier alpha value is -0.700. The number of hydrogen-bond acceptors (Lipinski definition) is 2. The smallest absolute Gasteiger partial charge is 0.137 e. The van der Waals surface area contributed by atoms with E-state index in [1.165, 1.54) is 5.56 Å². The average molecular weight is 286 g/mol. The quantitative estimate of drug-likeness (QED) is 0.854. The largest absolute Gasteiger partial charge is 0.459 e. The zero-order valence-corrected chi connectivity index (χ0v) is 12.2. The van der Waals surface area contributed by atoms with Crippen molar-refractivity contribution in [2.45, 2.75) is 33.2 Å². The lowest BCUT2D eigenvalue weighted by atomic mass is 10.1. The van der Waals surface area contributed by atoms with Crippen LogP contribution in [0.25, 0.3) is 11.0 Å². The Balaban J connectivity index is 2.56. The van der Waals surface area contributed by atoms with E-state index in [2.05, 4.69) is 19.2 Å². The van der Waals surface area contributed by atoms with Gasteiger partial charge in [-0.1, -0.05) is 43.5 Å². The molecule has 1 aromatic carbocycles. The molecule has 0 bridgehead atoms. The van der Waals surface area contributed by atoms with Crippen LogP contribution in [0.15, 0.2) is 16.5 Å². The minimum Gasteiger partial charge on any atom is -0.459 e. The van der Waals surface area contributed by atoms with Crippen LogP contribution in [0.1, 0.15) is 31.6 Å². The summed E-state index contributed by atoms with van der Waals surface area (Å²) in [7, 11) is 0. The summed E-state index contributed by atoms with van der Waals surface area (Å²) in [6.45, 7) is 5.87. The summed E-state index contributed by atoms with van der Waals surface area (Å²) in [5, 5.41) is 5.58. The molecule has 98 valence electrons. The highest BCUT2D eigenvalue weighted by atomic mass is 35.5. The average Bonchev–Trinajstić information content (AvgIpc) is 2.65. The zero-order chi connectivity index (χ0) is 13.1. The summed E-state index contributed by atoms with van der Waals surface area (Å²) in [5.41, 5.74) is 1.99. The summed E-state index contributed by atoms with van der Waals surface area (Å²) >= 11 is 12.3. The molecule has 0 aliphatic heterocycles. The molecule has 0 aliphatic rings. The van der Waals surface area contributed by atoms with Gasteiger partial charge in [0.1, 0.15) is 11.3 Å². The van der Waals surface area contributed by atoms with Crippen molar-refractivity contribution in [3.63, 3.8) is 0 Å². The lowest BCUT2D eigenvalue weighted by Gasteiger charge is -2.02. The van der Waals surface area contributed by atoms with Crippen LogP contribution in [0.2, 0.25) is 10.0 Å². The molecule has 2 rings (SSSR count). The molecule has 0 aliphatic carbocycles. The molecule has 2 nitrogen and oxygen atoms in total. The molecular formula is C14H17Cl2NO. The minimum atomic E-state index is 0.610. The van der Waals surface area contributed by atoms with Crippen molar-refractivity contribution in [2.75, 3.05) is 6.54 Å². The predicted molar refractivity (Wildman–Crippen MR) is 77.6 cm³/mol. The van der Waals surface area contributed by atoms with Crippen LogP contribution in [0.3, 0.4) is 0 Å². The van der Waals surface area contributed by atoms with E-state index in [1.807, 2.05) is 6.07 Å². The summed E-state index contributed by atoms with van der Waals surface area (Å²) < 4.78 is 5.88. The van der Waals surface area contributed by atoms with Crippen molar-refractivity contribution in [1.82, 2.24) is 5.32 Å². The van der Waals surface area contributed by atoms with Gasteiger partial charge >= 0.3 is 0 Å². The zero-order valence-electron chi connectivity index (χ0n) is 10.6. The van der Waals surface area contributed by atoms with Crippen molar-refractivity contribution in [3.05, 3.63) is 33.5 Å². The van der Waals surface area contributed by atoms with E-state index in [0.717, 1.165) is 42.7 Å². The van der Waals surface area contributed by atoms with Gasteiger partial charge in [-0.05, 0) is 19.0 Å². The first-order valence-corrected chi connectivity index (χ1v) is 7.03. The molecule has 18 heavy (non-hydrogen) atoms. The summed E-state index contributed by atoms with van der Waals surface area (Å²) in [6.07, 6.45) is 2.03. The number of nitrogens with one attached hydrogen (secondary N) is 1. The highest BCUT2D eigenvalue weighted by Crippen LogP contribution is 2.35. The molecule has 0 atom stereocenters. The van der Waals surface area contributed by atoms with Gasteiger partial charge in [0.15, 0.2) is 0 Å². The summed E-state index contributed by atoms with van der Waals surface area (Å²) in [5.74, 6) is 0.970. The molecule has 4 heteroatoms. The first kappa shape index (κ1) is 13.7. The highest BCUT2D eigenvalue weighted by Gasteiger charge is 2.16. The van der Waals surface area contributed by atoms with Gasteiger partial charge in [0, 0.05) is 22.0 Å². The molecule has 0 saturated carbocycles. The van der Waals surface area contributed by atoms with Crippen LogP contribution in [-0.2, 0) is 13.0 Å². The van der Waals surface area contributed by atoms with Crippen molar-refractivity contribution >= 4 is 34.2 Å². The van der Waals surface area contributed by atoms with Gasteiger partial charge < -0.3 is 9.73 Å². The van der Waals surface area contributed by atoms with E-state index in [-0.39, 0.29) is 0 Å². The topological polar surface area (TPSA) is 25.2 Å². The normalized spacial score (nSPS) is 11.3. The molecule has 1 aromatic heterocycles. The maximum atomic E-state index is 6.29. The van der Waals surface area contributed by atoms with Crippen molar-refractivity contribution in [1.29, 1.82) is 0 Å². The fourth-order valence-electron chi connectivity index (χ4n) is 2.15. The van der Waals surface area contributed by atoms with Gasteiger partial charge in [-0.25, -0.2) is 0 Å². The molecule has 2 aromatic rings. The van der Waals surface area contributed by atoms with E-state index in [4.69, 9.17) is 27.6 Å². The van der Waals surface area contributed by atoms with Gasteiger partial charge in [-0.15, -0.1) is 0 Å². The Bertz CT molecular complexity index is 548. The minimum absolute atomic E-state index is 0.610. The first-order valence-electron chi connectivity index (χ1n) is 6.27. The van der Waals surface area contributed by atoms with Crippen LogP contribution in [0.5, 0.6) is 0 Å². The van der Waals surface area contributed by atoms with Crippen molar-refractivity contribution in [3.8, 4) is 0 Å². The van der Waals surface area contributed by atoms with Gasteiger partial charge in [0.25, 0.3) is 0 Å². The molecule has 0 unspecified atom stereocenters. The van der Waals surface area contributed by atoms with E-state index in [1.54, 1.807) is 6.07 Å². The predicted octanol–water partition coefficient (Wildman–Crippen LogP) is 4.80. The molecular weight excluding hydrogens is 269 g/mol. The molecule has 0 amide bonds. The van der Waals surface area contributed by atoms with E-state index < -0.39 is 0 Å². The van der Waals surface area contributed by atoms with Crippen LogP contribution in [-0.4, -0.2) is 6.54 Å². The third-order valence-electron chi connectivity index (χ3n) is 2.93. The van der Waals surface area contributed by atoms with Gasteiger partial charge in [-0.3, -0.25) is 0 Å². The number of furan rings is 1. The molecule has 1 N–H and O–H groups in total. The second-order valence-electron chi connectivity index (χ2n) is 4.29. The number of fused-ring (bicyclic) bond motifs is 1. The van der Waals surface area contributed by atoms with Crippen molar-refractivity contribution in [2.24, 2.45) is 0 Å². The van der Waals surface area contributed by atoms with Gasteiger partial charge in [0.05, 0.1) is 11.6 Å². The SMILES string of the molecule is CCCc1c(CNCC)oc2cc(Cl)cc(Cl)c12. The fourth-order valence-corrected chi connectivity index (χ4v) is 2.74. The fraction of sp³-hybridized carbons (Fsp3) is 0.429. The third kappa shape index (κ3) is 2.66. The number of rotatable bonds is 5. The summed E-state index contributed by atoms with van der Waals surface area (Å²) in [6, 6.07) is 3.61. The maximum absolute atomic E-state index is 6.29. The van der Waals surface area contributed by atoms with Crippen LogP contribution in [0, 0.1) is 0 Å². The van der Waals surface area contributed by atoms with E-state index in [9.17, 15) is 0 Å². The second kappa shape index (κ2) is 5.96. The van der Waals surface area contributed by atoms with Crippen molar-refractivity contribution < 1.29 is 4.42 Å². The Kier molecular flexibility index (Phi) is 4.55. The molecule has 0 radical (unpaired) electrons. The van der Waals surface area contributed by atoms with E-state index >= 15 is 0 Å². The molecule has 1 heterocycles. The van der Waals surface area contributed by atoms with Gasteiger partial charge in [0.2, 0.25) is 0 Å². The van der Waals surface area contributed by atoms with Gasteiger partial charge in [-0.2, -0.15) is 0 Å².